The third-order valence-corrected chi connectivity index (χ3v) is 5.31. The molecule has 0 amide bonds. The van der Waals surface area contributed by atoms with Crippen LogP contribution in [-0.4, -0.2) is 70.0 Å². The lowest BCUT2D eigenvalue weighted by atomic mass is 9.99. The van der Waals surface area contributed by atoms with E-state index in [1.165, 1.54) is 19.4 Å². The quantitative estimate of drug-likeness (QED) is 0.370. The first-order valence-electron chi connectivity index (χ1n) is 9.74. The number of aromatic hydroxyl groups is 1. The van der Waals surface area contributed by atoms with E-state index >= 15 is 0 Å². The van der Waals surface area contributed by atoms with Crippen molar-refractivity contribution in [2.45, 2.75) is 30.7 Å². The summed E-state index contributed by atoms with van der Waals surface area (Å²) >= 11 is 0. The van der Waals surface area contributed by atoms with Gasteiger partial charge in [0.25, 0.3) is 0 Å². The Morgan fingerprint density at radius 3 is 2.53 bits per heavy atom. The first-order valence-corrected chi connectivity index (χ1v) is 9.74. The van der Waals surface area contributed by atoms with Gasteiger partial charge in [-0.1, -0.05) is 12.1 Å². The Morgan fingerprint density at radius 2 is 1.81 bits per heavy atom. The van der Waals surface area contributed by atoms with E-state index in [9.17, 15) is 30.3 Å². The van der Waals surface area contributed by atoms with Crippen LogP contribution in [0.25, 0.3) is 22.1 Å². The molecule has 1 saturated heterocycles. The Balaban J connectivity index is 1.68. The summed E-state index contributed by atoms with van der Waals surface area (Å²) in [5.74, 6) is 0.0895. The summed E-state index contributed by atoms with van der Waals surface area (Å²) in [4.78, 5) is 13.0. The highest BCUT2D eigenvalue weighted by atomic mass is 16.7. The molecular formula is C22H22O10. The molecule has 4 rings (SSSR count). The van der Waals surface area contributed by atoms with Crippen LogP contribution in [0.2, 0.25) is 0 Å². The van der Waals surface area contributed by atoms with E-state index < -0.39 is 48.5 Å². The summed E-state index contributed by atoms with van der Waals surface area (Å²) in [5.41, 5.74) is 0.299. The van der Waals surface area contributed by atoms with Crippen LogP contribution in [0.5, 0.6) is 17.2 Å². The number of phenols is 1. The first kappa shape index (κ1) is 22.1. The third kappa shape index (κ3) is 3.90. The fraction of sp³-hybridized carbons (Fsp3) is 0.318. The molecule has 2 heterocycles. The van der Waals surface area contributed by atoms with Crippen LogP contribution in [0, 0.1) is 0 Å². The SMILES string of the molecule is COc1cccc(-c2coc3cc(O[C@@H]4O[C@H](CO)[C@@H](O)[C@H](O)[C@H]4O)cc(O)c3c2=O)c1. The van der Waals surface area contributed by atoms with Crippen molar-refractivity contribution < 1.29 is 44.2 Å². The minimum absolute atomic E-state index is 0.0150. The number of ether oxygens (including phenoxy) is 3. The molecule has 1 aliphatic heterocycles. The minimum atomic E-state index is -1.63. The van der Waals surface area contributed by atoms with Crippen molar-refractivity contribution in [1.82, 2.24) is 0 Å². The van der Waals surface area contributed by atoms with Gasteiger partial charge in [-0.05, 0) is 17.7 Å². The van der Waals surface area contributed by atoms with Gasteiger partial charge in [0.2, 0.25) is 11.7 Å². The number of rotatable bonds is 5. The molecule has 1 fully saturated rings. The van der Waals surface area contributed by atoms with Crippen LogP contribution in [0.4, 0.5) is 0 Å². The smallest absolute Gasteiger partial charge is 0.229 e. The van der Waals surface area contributed by atoms with E-state index in [0.29, 0.717) is 11.3 Å². The lowest BCUT2D eigenvalue weighted by molar-refractivity contribution is -0.277. The van der Waals surface area contributed by atoms with Crippen LogP contribution in [-0.2, 0) is 4.74 Å². The molecule has 2 aromatic carbocycles. The van der Waals surface area contributed by atoms with Gasteiger partial charge in [-0.25, -0.2) is 0 Å². The monoisotopic (exact) mass is 446 g/mol. The summed E-state index contributed by atoms with van der Waals surface area (Å²) in [6.07, 6.45) is -6.15. The van der Waals surface area contributed by atoms with Crippen LogP contribution >= 0.6 is 0 Å². The zero-order chi connectivity index (χ0) is 23.0. The number of benzene rings is 2. The number of hydrogen-bond donors (Lipinski definition) is 5. The van der Waals surface area contributed by atoms with E-state index in [0.717, 1.165) is 6.07 Å². The zero-order valence-corrected chi connectivity index (χ0v) is 16.9. The fourth-order valence-corrected chi connectivity index (χ4v) is 3.56. The molecule has 0 spiro atoms. The number of phenolic OH excluding ortho intramolecular Hbond substituents is 1. The molecule has 32 heavy (non-hydrogen) atoms. The number of aliphatic hydroxyl groups excluding tert-OH is 4. The van der Waals surface area contributed by atoms with Crippen LogP contribution < -0.4 is 14.9 Å². The van der Waals surface area contributed by atoms with Crippen molar-refractivity contribution in [3.8, 4) is 28.4 Å². The van der Waals surface area contributed by atoms with Gasteiger partial charge in [0.1, 0.15) is 58.9 Å². The second-order valence-corrected chi connectivity index (χ2v) is 7.34. The molecule has 5 N–H and O–H groups in total. The fourth-order valence-electron chi connectivity index (χ4n) is 3.56. The van der Waals surface area contributed by atoms with Gasteiger partial charge >= 0.3 is 0 Å². The number of aliphatic hydroxyl groups is 4. The Bertz CT molecular complexity index is 1170. The number of fused-ring (bicyclic) bond motifs is 1. The van der Waals surface area contributed by atoms with Crippen molar-refractivity contribution in [2.75, 3.05) is 13.7 Å². The Hall–Kier alpha value is -3.15. The maximum atomic E-state index is 13.0. The molecular weight excluding hydrogens is 424 g/mol. The summed E-state index contributed by atoms with van der Waals surface area (Å²) < 4.78 is 21.5. The summed E-state index contributed by atoms with van der Waals surface area (Å²) in [7, 11) is 1.50. The van der Waals surface area contributed by atoms with E-state index in [1.807, 2.05) is 0 Å². The average Bonchev–Trinajstić information content (AvgIpc) is 2.79. The molecule has 1 aromatic heterocycles. The standard InChI is InChI=1S/C22H22O10/c1-29-11-4-2-3-10(5-11)13-9-30-15-7-12(6-14(24)17(15)18(13)25)31-22-21(28)20(27)19(26)16(8-23)32-22/h2-7,9,16,19-24,26-28H,8H2,1H3/t16-,19-,20+,21-,22-/m1/s1. The molecule has 3 aromatic rings. The molecule has 0 saturated carbocycles. The lowest BCUT2D eigenvalue weighted by Crippen LogP contribution is -2.60. The van der Waals surface area contributed by atoms with Gasteiger partial charge in [0.15, 0.2) is 0 Å². The molecule has 1 aliphatic rings. The Kier molecular flexibility index (Phi) is 6.04. The van der Waals surface area contributed by atoms with Gasteiger partial charge in [0, 0.05) is 12.1 Å². The molecule has 5 atom stereocenters. The summed E-state index contributed by atoms with van der Waals surface area (Å²) in [6, 6.07) is 9.25. The van der Waals surface area contributed by atoms with E-state index in [2.05, 4.69) is 0 Å². The highest BCUT2D eigenvalue weighted by molar-refractivity contribution is 5.88. The number of hydrogen-bond acceptors (Lipinski definition) is 10. The normalized spacial score (nSPS) is 25.6. The maximum absolute atomic E-state index is 13.0. The van der Waals surface area contributed by atoms with E-state index in [-0.39, 0.29) is 22.3 Å². The molecule has 0 bridgehead atoms. The molecule has 0 aliphatic carbocycles. The van der Waals surface area contributed by atoms with Crippen LogP contribution in [0.1, 0.15) is 0 Å². The highest BCUT2D eigenvalue weighted by Crippen LogP contribution is 2.33. The Morgan fingerprint density at radius 1 is 1.03 bits per heavy atom. The first-order chi connectivity index (χ1) is 15.3. The van der Waals surface area contributed by atoms with Crippen molar-refractivity contribution >= 4 is 11.0 Å². The average molecular weight is 446 g/mol. The maximum Gasteiger partial charge on any atom is 0.229 e. The molecule has 10 heteroatoms. The minimum Gasteiger partial charge on any atom is -0.507 e. The van der Waals surface area contributed by atoms with Crippen LogP contribution in [0.3, 0.4) is 0 Å². The molecule has 0 radical (unpaired) electrons. The van der Waals surface area contributed by atoms with Gasteiger partial charge in [-0.3, -0.25) is 4.79 Å². The topological polar surface area (TPSA) is 159 Å². The second kappa shape index (κ2) is 8.77. The predicted molar refractivity (Wildman–Crippen MR) is 111 cm³/mol. The molecule has 170 valence electrons. The number of methoxy groups -OCH3 is 1. The van der Waals surface area contributed by atoms with Gasteiger partial charge in [-0.2, -0.15) is 0 Å². The van der Waals surface area contributed by atoms with Crippen LogP contribution in [0.15, 0.2) is 51.9 Å². The van der Waals surface area contributed by atoms with Crippen molar-refractivity contribution in [3.05, 3.63) is 52.9 Å². The highest BCUT2D eigenvalue weighted by Gasteiger charge is 2.44. The zero-order valence-electron chi connectivity index (χ0n) is 16.9. The predicted octanol–water partition coefficient (Wildman–Crippen LogP) is 0.353. The lowest BCUT2D eigenvalue weighted by Gasteiger charge is -2.39. The van der Waals surface area contributed by atoms with E-state index in [1.54, 1.807) is 24.3 Å². The third-order valence-electron chi connectivity index (χ3n) is 5.31. The summed E-state index contributed by atoms with van der Waals surface area (Å²) in [5, 5.41) is 49.6. The van der Waals surface area contributed by atoms with Gasteiger partial charge in [-0.15, -0.1) is 0 Å². The summed E-state index contributed by atoms with van der Waals surface area (Å²) in [6.45, 7) is -0.615. The van der Waals surface area contributed by atoms with Crippen molar-refractivity contribution in [3.63, 3.8) is 0 Å². The van der Waals surface area contributed by atoms with Crippen molar-refractivity contribution in [1.29, 1.82) is 0 Å². The van der Waals surface area contributed by atoms with Gasteiger partial charge < -0.3 is 44.2 Å². The van der Waals surface area contributed by atoms with Gasteiger partial charge in [0.05, 0.1) is 19.3 Å². The largest absolute Gasteiger partial charge is 0.507 e. The molecule has 0 unspecified atom stereocenters. The van der Waals surface area contributed by atoms with E-state index in [4.69, 9.17) is 18.6 Å². The molecule has 10 nitrogen and oxygen atoms in total. The van der Waals surface area contributed by atoms with Crippen molar-refractivity contribution in [2.24, 2.45) is 0 Å². The Labute approximate surface area is 181 Å². The second-order valence-electron chi connectivity index (χ2n) is 7.34.